The van der Waals surface area contributed by atoms with Crippen molar-refractivity contribution in [2.75, 3.05) is 7.05 Å². The Labute approximate surface area is 248 Å². The molecule has 0 bridgehead atoms. The molecule has 0 aliphatic rings. The zero-order chi connectivity index (χ0) is 28.0. The number of halogens is 2. The van der Waals surface area contributed by atoms with Crippen molar-refractivity contribution in [2.24, 2.45) is 0 Å². The van der Waals surface area contributed by atoms with Crippen molar-refractivity contribution in [1.82, 2.24) is 14.7 Å². The van der Waals surface area contributed by atoms with Gasteiger partial charge in [-0.1, -0.05) is 32.0 Å². The molecule has 3 rings (SSSR count). The molecule has 0 saturated carbocycles. The minimum Gasteiger partial charge on any atom is -0.550 e. The van der Waals surface area contributed by atoms with Crippen LogP contribution in [-0.2, 0) is 17.8 Å². The summed E-state index contributed by atoms with van der Waals surface area (Å²) in [6.45, 7) is 3.81. The summed E-state index contributed by atoms with van der Waals surface area (Å²) in [5.74, 6) is -2.87. The van der Waals surface area contributed by atoms with E-state index in [2.05, 4.69) is 5.10 Å². The molecule has 1 heterocycles. The molecule has 11 heteroatoms. The summed E-state index contributed by atoms with van der Waals surface area (Å²) < 4.78 is 29.4. The van der Waals surface area contributed by atoms with Crippen LogP contribution in [-0.4, -0.2) is 56.0 Å². The summed E-state index contributed by atoms with van der Waals surface area (Å²) in [5, 5.41) is 35.6. The second kappa shape index (κ2) is 14.7. The predicted octanol–water partition coefficient (Wildman–Crippen LogP) is -0.265. The second-order valence-corrected chi connectivity index (χ2v) is 9.66. The van der Waals surface area contributed by atoms with Gasteiger partial charge in [-0.25, -0.2) is 13.5 Å². The van der Waals surface area contributed by atoms with Gasteiger partial charge in [0.1, 0.15) is 11.6 Å². The van der Waals surface area contributed by atoms with Gasteiger partial charge in [-0.2, -0.15) is 5.10 Å². The number of carboxylic acids is 1. The van der Waals surface area contributed by atoms with Gasteiger partial charge in [0.2, 0.25) is 0 Å². The zero-order valence-corrected chi connectivity index (χ0v) is 24.6. The van der Waals surface area contributed by atoms with E-state index in [-0.39, 0.29) is 67.0 Å². The second-order valence-electron chi connectivity index (χ2n) is 9.66. The summed E-state index contributed by atoms with van der Waals surface area (Å²) >= 11 is 0. The normalized spacial score (nSPS) is 12.6. The van der Waals surface area contributed by atoms with Crippen LogP contribution >= 0.6 is 0 Å². The van der Waals surface area contributed by atoms with Crippen molar-refractivity contribution in [3.8, 4) is 5.69 Å². The Kier molecular flexibility index (Phi) is 12.3. The molecule has 39 heavy (non-hydrogen) atoms. The third-order valence-corrected chi connectivity index (χ3v) is 6.25. The number of aliphatic hydroxyl groups excluding tert-OH is 2. The first kappa shape index (κ1) is 32.6. The first-order valence-electron chi connectivity index (χ1n) is 12.4. The van der Waals surface area contributed by atoms with E-state index in [1.807, 2.05) is 13.8 Å². The first-order valence-corrected chi connectivity index (χ1v) is 12.4. The van der Waals surface area contributed by atoms with Gasteiger partial charge >= 0.3 is 29.6 Å². The molecule has 0 saturated heterocycles. The third kappa shape index (κ3) is 8.68. The number of amides is 1. The van der Waals surface area contributed by atoms with Crippen LogP contribution in [0.25, 0.3) is 5.69 Å². The van der Waals surface area contributed by atoms with Crippen molar-refractivity contribution in [2.45, 2.75) is 64.2 Å². The topological polar surface area (TPSA) is 119 Å². The molecular weight excluding hydrogens is 519 g/mol. The minimum absolute atomic E-state index is 0. The number of aromatic nitrogens is 2. The zero-order valence-electron chi connectivity index (χ0n) is 22.6. The van der Waals surface area contributed by atoms with Crippen LogP contribution in [0, 0.1) is 11.6 Å². The van der Waals surface area contributed by atoms with Crippen LogP contribution in [0.1, 0.15) is 66.3 Å². The van der Waals surface area contributed by atoms with Gasteiger partial charge in [0.25, 0.3) is 5.91 Å². The standard InChI is InChI=1S/C28H33F2N3O5.Na/c1-17(2)26-24(13-12-21(34)14-22(35)15-25(36)37)33(20-10-8-19(29)9-11-20)31-27(26)28(38)32(3)16-18-6-4-5-7-23(18)30;/h4-11,17,21-22,34-35H,12-16H2,1-3H3,(H,36,37);/q;+1/p-1/t21-,22-;/m1./s1. The Morgan fingerprint density at radius 1 is 1.05 bits per heavy atom. The molecule has 2 N–H and O–H groups in total. The van der Waals surface area contributed by atoms with Gasteiger partial charge in [0.05, 0.1) is 17.9 Å². The molecule has 2 atom stereocenters. The predicted molar refractivity (Wildman–Crippen MR) is 134 cm³/mol. The number of hydrogen-bond donors (Lipinski definition) is 2. The van der Waals surface area contributed by atoms with E-state index in [9.17, 15) is 33.7 Å². The minimum atomic E-state index is -1.41. The summed E-state index contributed by atoms with van der Waals surface area (Å²) in [4.78, 5) is 25.6. The Morgan fingerprint density at radius 3 is 2.28 bits per heavy atom. The van der Waals surface area contributed by atoms with Gasteiger partial charge in [-0.05, 0) is 55.5 Å². The number of carbonyl (C=O) groups is 2. The summed E-state index contributed by atoms with van der Waals surface area (Å²) in [7, 11) is 1.55. The van der Waals surface area contributed by atoms with E-state index in [1.165, 1.54) is 39.9 Å². The summed E-state index contributed by atoms with van der Waals surface area (Å²) in [6, 6.07) is 11.8. The Hall–Kier alpha value is -2.63. The van der Waals surface area contributed by atoms with Crippen LogP contribution in [0.3, 0.4) is 0 Å². The molecule has 3 aromatic rings. The van der Waals surface area contributed by atoms with Gasteiger partial charge in [0, 0.05) is 42.8 Å². The van der Waals surface area contributed by atoms with E-state index in [1.54, 1.807) is 25.2 Å². The number of rotatable bonds is 12. The van der Waals surface area contributed by atoms with E-state index in [4.69, 9.17) is 0 Å². The van der Waals surface area contributed by atoms with Crippen LogP contribution in [0.15, 0.2) is 48.5 Å². The molecule has 0 spiro atoms. The molecule has 0 aliphatic heterocycles. The average molecular weight is 552 g/mol. The van der Waals surface area contributed by atoms with Gasteiger partial charge in [-0.15, -0.1) is 0 Å². The van der Waals surface area contributed by atoms with Gasteiger partial charge in [-0.3, -0.25) is 4.79 Å². The van der Waals surface area contributed by atoms with Crippen LogP contribution in [0.5, 0.6) is 0 Å². The number of benzene rings is 2. The number of aliphatic carboxylic acids is 1. The Bertz CT molecular complexity index is 1270. The molecule has 0 radical (unpaired) electrons. The average Bonchev–Trinajstić information content (AvgIpc) is 3.23. The Balaban J connectivity index is 0.00000533. The van der Waals surface area contributed by atoms with Crippen molar-refractivity contribution < 1.29 is 63.2 Å². The molecule has 0 unspecified atom stereocenters. The van der Waals surface area contributed by atoms with E-state index in [0.717, 1.165) is 0 Å². The first-order chi connectivity index (χ1) is 18.0. The van der Waals surface area contributed by atoms with Crippen molar-refractivity contribution in [1.29, 1.82) is 0 Å². The third-order valence-electron chi connectivity index (χ3n) is 6.25. The maximum absolute atomic E-state index is 14.2. The molecule has 0 aliphatic carbocycles. The largest absolute Gasteiger partial charge is 1.00 e. The quantitative estimate of drug-likeness (QED) is 0.300. The number of carboxylic acid groups (broad SMARTS) is 1. The number of aliphatic hydroxyl groups is 2. The molecular formula is C28H32F2N3NaO5. The molecule has 204 valence electrons. The molecule has 8 nitrogen and oxygen atoms in total. The van der Waals surface area contributed by atoms with Crippen molar-refractivity contribution in [3.63, 3.8) is 0 Å². The van der Waals surface area contributed by atoms with E-state index in [0.29, 0.717) is 22.5 Å². The van der Waals surface area contributed by atoms with Crippen LogP contribution in [0.2, 0.25) is 0 Å². The number of hydrogen-bond acceptors (Lipinski definition) is 6. The molecule has 2 aromatic carbocycles. The van der Waals surface area contributed by atoms with Crippen LogP contribution in [0.4, 0.5) is 8.78 Å². The van der Waals surface area contributed by atoms with Crippen molar-refractivity contribution >= 4 is 11.9 Å². The number of carbonyl (C=O) groups excluding carboxylic acids is 2. The fraction of sp³-hybridized carbons (Fsp3) is 0.393. The van der Waals surface area contributed by atoms with Gasteiger partial charge < -0.3 is 25.0 Å². The van der Waals surface area contributed by atoms with Gasteiger partial charge in [0.15, 0.2) is 5.69 Å². The number of nitrogens with zero attached hydrogens (tertiary/aromatic N) is 3. The van der Waals surface area contributed by atoms with E-state index >= 15 is 0 Å². The van der Waals surface area contributed by atoms with Crippen LogP contribution < -0.4 is 34.7 Å². The molecule has 0 fully saturated rings. The smallest absolute Gasteiger partial charge is 0.550 e. The summed E-state index contributed by atoms with van der Waals surface area (Å²) in [6.07, 6.45) is -2.65. The summed E-state index contributed by atoms with van der Waals surface area (Å²) in [5.41, 5.74) is 2.26. The Morgan fingerprint density at radius 2 is 1.69 bits per heavy atom. The van der Waals surface area contributed by atoms with E-state index < -0.39 is 42.1 Å². The molecule has 1 aromatic heterocycles. The fourth-order valence-corrected chi connectivity index (χ4v) is 4.41. The maximum atomic E-state index is 14.2. The van der Waals surface area contributed by atoms with Crippen molar-refractivity contribution in [3.05, 3.63) is 82.7 Å². The SMILES string of the molecule is CC(C)c1c(C(=O)N(C)Cc2ccccc2F)nn(-c2ccc(F)cc2)c1CC[C@@H](O)C[C@@H](O)CC(=O)[O-].[Na+]. The maximum Gasteiger partial charge on any atom is 1.00 e. The monoisotopic (exact) mass is 551 g/mol. The molecule has 1 amide bonds. The fourth-order valence-electron chi connectivity index (χ4n) is 4.41.